The number of aromatic nitrogens is 1. The Morgan fingerprint density at radius 1 is 1.38 bits per heavy atom. The van der Waals surface area contributed by atoms with Crippen LogP contribution in [0.4, 0.5) is 0 Å². The Kier molecular flexibility index (Phi) is 4.14. The van der Waals surface area contributed by atoms with Crippen LogP contribution in [0.2, 0.25) is 0 Å². The van der Waals surface area contributed by atoms with E-state index in [4.69, 9.17) is 4.99 Å². The number of carbonyl (C=O) groups excluding carboxylic acids is 1. The maximum atomic E-state index is 11.8. The second kappa shape index (κ2) is 6.39. The van der Waals surface area contributed by atoms with E-state index in [1.54, 1.807) is 11.3 Å². The Balaban J connectivity index is 1.42. The van der Waals surface area contributed by atoms with Crippen LogP contribution >= 0.6 is 11.3 Å². The number of carbonyl (C=O) groups is 1. The van der Waals surface area contributed by atoms with Gasteiger partial charge in [-0.3, -0.25) is 4.79 Å². The summed E-state index contributed by atoms with van der Waals surface area (Å²) in [5.74, 6) is 2.13. The molecule has 5 rings (SSSR count). The van der Waals surface area contributed by atoms with Crippen molar-refractivity contribution in [2.75, 3.05) is 7.05 Å². The third-order valence-corrected chi connectivity index (χ3v) is 8.83. The molecular weight excluding hydrogens is 380 g/mol. The number of aliphatic imine (C=N–C) groups is 1. The average Bonchev–Trinajstić information content (AvgIpc) is 3.22. The van der Waals surface area contributed by atoms with Gasteiger partial charge in [-0.2, -0.15) is 0 Å². The molecule has 0 radical (unpaired) electrons. The van der Waals surface area contributed by atoms with E-state index >= 15 is 0 Å². The zero-order valence-corrected chi connectivity index (χ0v) is 18.3. The summed E-state index contributed by atoms with van der Waals surface area (Å²) in [7, 11) is 2.15. The average molecular weight is 409 g/mol. The van der Waals surface area contributed by atoms with Crippen molar-refractivity contribution in [2.24, 2.45) is 22.2 Å². The molecule has 2 aromatic rings. The summed E-state index contributed by atoms with van der Waals surface area (Å²) in [5, 5.41) is 3.34. The van der Waals surface area contributed by atoms with Gasteiger partial charge in [-0.05, 0) is 60.3 Å². The van der Waals surface area contributed by atoms with Crippen LogP contribution in [-0.2, 0) is 4.79 Å². The van der Waals surface area contributed by atoms with Crippen molar-refractivity contribution in [2.45, 2.75) is 51.6 Å². The monoisotopic (exact) mass is 408 g/mol. The van der Waals surface area contributed by atoms with Crippen LogP contribution in [0.15, 0.2) is 34.4 Å². The quantitative estimate of drug-likeness (QED) is 0.607. The van der Waals surface area contributed by atoms with E-state index in [0.717, 1.165) is 34.4 Å². The van der Waals surface area contributed by atoms with Gasteiger partial charge in [0.15, 0.2) is 12.2 Å². The maximum Gasteiger partial charge on any atom is 0.199 e. The molecule has 2 aliphatic carbocycles. The van der Waals surface area contributed by atoms with Crippen LogP contribution in [0, 0.1) is 17.3 Å². The first-order chi connectivity index (χ1) is 13.9. The normalized spacial score (nSPS) is 33.0. The van der Waals surface area contributed by atoms with Crippen molar-refractivity contribution in [3.8, 4) is 0 Å². The number of hydrogen-bond acceptors (Lipinski definition) is 6. The lowest BCUT2D eigenvalue weighted by atomic mass is 9.45. The fourth-order valence-corrected chi connectivity index (χ4v) is 6.62. The predicted octanol–water partition coefficient (Wildman–Crippen LogP) is 4.31. The van der Waals surface area contributed by atoms with E-state index in [1.807, 2.05) is 23.7 Å². The molecule has 5 nitrogen and oxygen atoms in total. The number of allylic oxidation sites excluding steroid dienone is 1. The highest BCUT2D eigenvalue weighted by atomic mass is 32.1. The van der Waals surface area contributed by atoms with Gasteiger partial charge in [0, 0.05) is 7.05 Å². The molecule has 3 aliphatic rings. The van der Waals surface area contributed by atoms with Crippen LogP contribution < -0.4 is 5.32 Å². The topological polar surface area (TPSA) is 57.6 Å². The van der Waals surface area contributed by atoms with E-state index < -0.39 is 0 Å². The third-order valence-electron chi connectivity index (χ3n) is 8.04. The molecule has 1 N–H and O–H groups in total. The minimum atomic E-state index is 0.119. The van der Waals surface area contributed by atoms with Gasteiger partial charge in [-0.25, -0.2) is 9.98 Å². The summed E-state index contributed by atoms with van der Waals surface area (Å²) in [5.41, 5.74) is 4.80. The molecule has 4 unspecified atom stereocenters. The Bertz CT molecular complexity index is 1040. The standard InChI is InChI=1S/C23H28N4OS/c1-14-9-20-23(8-7-19(23)22(14,2)3)27(4)21(26-20)25-16(12-28)10-15-5-6-17-18(11-15)29-13-24-17/h5-6,10-14,19-20H,7-9H2,1-4H3,(H,25,26)/b16-10-. The largest absolute Gasteiger partial charge is 0.338 e. The molecule has 1 aromatic heterocycles. The van der Waals surface area contributed by atoms with Gasteiger partial charge in [-0.15, -0.1) is 11.3 Å². The highest BCUT2D eigenvalue weighted by Gasteiger charge is 2.66. The summed E-state index contributed by atoms with van der Waals surface area (Å²) in [6, 6.07) is 6.38. The summed E-state index contributed by atoms with van der Waals surface area (Å²) in [6.07, 6.45) is 6.35. The Labute approximate surface area is 175 Å². The lowest BCUT2D eigenvalue weighted by Crippen LogP contribution is -2.70. The molecule has 29 heavy (non-hydrogen) atoms. The van der Waals surface area contributed by atoms with Crippen molar-refractivity contribution in [3.05, 3.63) is 35.0 Å². The molecule has 1 spiro atoms. The molecule has 2 heterocycles. The number of fused-ring (bicyclic) bond motifs is 1. The smallest absolute Gasteiger partial charge is 0.199 e. The van der Waals surface area contributed by atoms with Crippen LogP contribution in [0.3, 0.4) is 0 Å². The fraction of sp³-hybridized carbons (Fsp3) is 0.522. The van der Waals surface area contributed by atoms with Crippen molar-refractivity contribution in [1.82, 2.24) is 15.2 Å². The highest BCUT2D eigenvalue weighted by Crippen LogP contribution is 2.63. The SMILES string of the molecule is CC1CC2N=C(N/C(C=O)=C\c3ccc4ncsc4c3)N(C)C23CCC3C1(C)C. The van der Waals surface area contributed by atoms with Gasteiger partial charge in [0.1, 0.15) is 0 Å². The van der Waals surface area contributed by atoms with Crippen LogP contribution in [0.1, 0.15) is 45.6 Å². The molecule has 6 heteroatoms. The fourth-order valence-electron chi connectivity index (χ4n) is 5.89. The molecule has 4 atom stereocenters. The van der Waals surface area contributed by atoms with E-state index in [9.17, 15) is 4.79 Å². The molecule has 0 saturated heterocycles. The van der Waals surface area contributed by atoms with E-state index in [0.29, 0.717) is 29.0 Å². The minimum Gasteiger partial charge on any atom is -0.338 e. The van der Waals surface area contributed by atoms with E-state index in [1.165, 1.54) is 12.8 Å². The minimum absolute atomic E-state index is 0.119. The summed E-state index contributed by atoms with van der Waals surface area (Å²) < 4.78 is 1.12. The van der Waals surface area contributed by atoms with Crippen molar-refractivity contribution >= 4 is 39.9 Å². The second-order valence-electron chi connectivity index (χ2n) is 9.49. The molecule has 0 amide bonds. The Hall–Kier alpha value is -2.21. The van der Waals surface area contributed by atoms with Gasteiger partial charge in [0.2, 0.25) is 0 Å². The number of benzene rings is 1. The van der Waals surface area contributed by atoms with Crippen LogP contribution in [-0.4, -0.2) is 40.8 Å². The number of rotatable bonds is 3. The molecular formula is C23H28N4OS. The number of thiazole rings is 1. The summed E-state index contributed by atoms with van der Waals surface area (Å²) in [4.78, 5) is 23.6. The number of nitrogens with one attached hydrogen (secondary N) is 1. The van der Waals surface area contributed by atoms with Gasteiger partial charge < -0.3 is 10.2 Å². The number of nitrogens with zero attached hydrogens (tertiary/aromatic N) is 3. The number of likely N-dealkylation sites (N-methyl/N-ethyl adjacent to an activating group) is 1. The molecule has 1 aromatic carbocycles. The van der Waals surface area contributed by atoms with Gasteiger partial charge in [0.05, 0.1) is 33.0 Å². The first kappa shape index (κ1) is 18.8. The third kappa shape index (κ3) is 2.61. The number of guanidine groups is 1. The molecule has 1 aliphatic heterocycles. The Morgan fingerprint density at radius 2 is 2.21 bits per heavy atom. The number of hydrogen-bond donors (Lipinski definition) is 1. The van der Waals surface area contributed by atoms with Gasteiger partial charge in [0.25, 0.3) is 0 Å². The van der Waals surface area contributed by atoms with E-state index in [-0.39, 0.29) is 5.54 Å². The highest BCUT2D eigenvalue weighted by molar-refractivity contribution is 7.16. The predicted molar refractivity (Wildman–Crippen MR) is 119 cm³/mol. The summed E-state index contributed by atoms with van der Waals surface area (Å²) >= 11 is 1.61. The molecule has 0 bridgehead atoms. The molecule has 152 valence electrons. The Morgan fingerprint density at radius 3 is 2.93 bits per heavy atom. The van der Waals surface area contributed by atoms with E-state index in [2.05, 4.69) is 49.1 Å². The lowest BCUT2D eigenvalue weighted by Gasteiger charge is -2.65. The van der Waals surface area contributed by atoms with Crippen LogP contribution in [0.25, 0.3) is 16.3 Å². The lowest BCUT2D eigenvalue weighted by molar-refractivity contribution is -0.122. The van der Waals surface area contributed by atoms with Gasteiger partial charge in [-0.1, -0.05) is 26.8 Å². The maximum absolute atomic E-state index is 11.8. The first-order valence-corrected chi connectivity index (χ1v) is 11.3. The summed E-state index contributed by atoms with van der Waals surface area (Å²) in [6.45, 7) is 7.21. The zero-order chi connectivity index (χ0) is 20.4. The molecule has 2 fully saturated rings. The second-order valence-corrected chi connectivity index (χ2v) is 10.4. The van der Waals surface area contributed by atoms with Crippen molar-refractivity contribution in [1.29, 1.82) is 0 Å². The van der Waals surface area contributed by atoms with Crippen molar-refractivity contribution < 1.29 is 4.79 Å². The first-order valence-electron chi connectivity index (χ1n) is 10.4. The number of aldehydes is 1. The zero-order valence-electron chi connectivity index (χ0n) is 17.5. The van der Waals surface area contributed by atoms with Gasteiger partial charge >= 0.3 is 0 Å². The van der Waals surface area contributed by atoms with Crippen LogP contribution in [0.5, 0.6) is 0 Å². The van der Waals surface area contributed by atoms with Crippen molar-refractivity contribution in [3.63, 3.8) is 0 Å². The molecule has 2 saturated carbocycles.